The number of hydrogen-bond donors (Lipinski definition) is 1. The van der Waals surface area contributed by atoms with Crippen molar-refractivity contribution < 1.29 is 4.39 Å². The fourth-order valence-corrected chi connectivity index (χ4v) is 1.62. The van der Waals surface area contributed by atoms with Crippen LogP contribution in [0.3, 0.4) is 0 Å². The molecule has 0 saturated heterocycles. The van der Waals surface area contributed by atoms with Crippen LogP contribution >= 0.6 is 0 Å². The first kappa shape index (κ1) is 12.0. The van der Waals surface area contributed by atoms with Gasteiger partial charge in [-0.05, 0) is 44.0 Å². The van der Waals surface area contributed by atoms with Gasteiger partial charge in [-0.2, -0.15) is 0 Å². The number of nitrogens with two attached hydrogens (primary N) is 1. The standard InChI is InChI=1S/C12H19FN2/c1-12(2,14)8-9-7-10(13)5-6-11(9)15(3)4/h5-7H,8,14H2,1-4H3. The van der Waals surface area contributed by atoms with Crippen LogP contribution in [0.1, 0.15) is 19.4 Å². The maximum Gasteiger partial charge on any atom is 0.123 e. The van der Waals surface area contributed by atoms with Gasteiger partial charge < -0.3 is 10.6 Å². The van der Waals surface area contributed by atoms with Crippen molar-refractivity contribution in [2.24, 2.45) is 5.73 Å². The van der Waals surface area contributed by atoms with E-state index in [1.54, 1.807) is 12.1 Å². The van der Waals surface area contributed by atoms with Gasteiger partial charge in [0.2, 0.25) is 0 Å². The van der Waals surface area contributed by atoms with Gasteiger partial charge in [-0.3, -0.25) is 0 Å². The molecule has 2 nitrogen and oxygen atoms in total. The zero-order valence-electron chi connectivity index (χ0n) is 9.84. The van der Waals surface area contributed by atoms with Crippen molar-refractivity contribution in [3.63, 3.8) is 0 Å². The Kier molecular flexibility index (Phi) is 3.35. The summed E-state index contributed by atoms with van der Waals surface area (Å²) in [6, 6.07) is 4.82. The minimum Gasteiger partial charge on any atom is -0.377 e. The molecule has 0 aliphatic carbocycles. The first-order chi connectivity index (χ1) is 6.79. The Balaban J connectivity index is 3.08. The fourth-order valence-electron chi connectivity index (χ4n) is 1.62. The zero-order valence-corrected chi connectivity index (χ0v) is 9.84. The molecule has 1 aromatic carbocycles. The van der Waals surface area contributed by atoms with Crippen LogP contribution in [-0.2, 0) is 6.42 Å². The van der Waals surface area contributed by atoms with Crippen LogP contribution in [0.5, 0.6) is 0 Å². The fraction of sp³-hybridized carbons (Fsp3) is 0.500. The monoisotopic (exact) mass is 210 g/mol. The summed E-state index contributed by atoms with van der Waals surface area (Å²) in [7, 11) is 3.89. The lowest BCUT2D eigenvalue weighted by atomic mass is 9.95. The molecule has 1 rings (SSSR count). The van der Waals surface area contributed by atoms with Gasteiger partial charge in [-0.1, -0.05) is 0 Å². The molecule has 0 atom stereocenters. The van der Waals surface area contributed by atoms with E-state index in [1.807, 2.05) is 32.8 Å². The number of halogens is 1. The molecule has 0 unspecified atom stereocenters. The zero-order chi connectivity index (χ0) is 11.6. The normalized spacial score (nSPS) is 11.6. The third-order valence-electron chi connectivity index (χ3n) is 2.17. The summed E-state index contributed by atoms with van der Waals surface area (Å²) < 4.78 is 13.1. The van der Waals surface area contributed by atoms with Gasteiger partial charge >= 0.3 is 0 Å². The van der Waals surface area contributed by atoms with Crippen LogP contribution < -0.4 is 10.6 Å². The summed E-state index contributed by atoms with van der Waals surface area (Å²) >= 11 is 0. The molecule has 0 saturated carbocycles. The highest BCUT2D eigenvalue weighted by Gasteiger charge is 2.15. The smallest absolute Gasteiger partial charge is 0.123 e. The van der Waals surface area contributed by atoms with Crippen LogP contribution in [0.2, 0.25) is 0 Å². The molecule has 15 heavy (non-hydrogen) atoms. The number of rotatable bonds is 3. The van der Waals surface area contributed by atoms with E-state index in [0.29, 0.717) is 6.42 Å². The number of nitrogens with zero attached hydrogens (tertiary/aromatic N) is 1. The van der Waals surface area contributed by atoms with Crippen LogP contribution in [0, 0.1) is 5.82 Å². The molecule has 3 heteroatoms. The lowest BCUT2D eigenvalue weighted by Crippen LogP contribution is -2.35. The van der Waals surface area contributed by atoms with Crippen molar-refractivity contribution in [1.29, 1.82) is 0 Å². The van der Waals surface area contributed by atoms with Gasteiger partial charge in [0.15, 0.2) is 0 Å². The average molecular weight is 210 g/mol. The molecule has 1 aromatic rings. The van der Waals surface area contributed by atoms with Crippen molar-refractivity contribution in [2.75, 3.05) is 19.0 Å². The quantitative estimate of drug-likeness (QED) is 0.828. The molecule has 0 fully saturated rings. The van der Waals surface area contributed by atoms with Crippen LogP contribution in [0.15, 0.2) is 18.2 Å². The SMILES string of the molecule is CN(C)c1ccc(F)cc1CC(C)(C)N. The first-order valence-corrected chi connectivity index (χ1v) is 5.04. The second-order valence-electron chi connectivity index (χ2n) is 4.83. The summed E-state index contributed by atoms with van der Waals surface area (Å²) in [5.74, 6) is -0.208. The van der Waals surface area contributed by atoms with Crippen molar-refractivity contribution >= 4 is 5.69 Å². The predicted molar refractivity (Wildman–Crippen MR) is 62.7 cm³/mol. The first-order valence-electron chi connectivity index (χ1n) is 5.04. The van der Waals surface area contributed by atoms with E-state index in [-0.39, 0.29) is 11.4 Å². The van der Waals surface area contributed by atoms with Gasteiger partial charge in [0.05, 0.1) is 0 Å². The third kappa shape index (κ3) is 3.51. The van der Waals surface area contributed by atoms with Crippen LogP contribution in [-0.4, -0.2) is 19.6 Å². The Morgan fingerprint density at radius 1 is 1.33 bits per heavy atom. The van der Waals surface area contributed by atoms with E-state index >= 15 is 0 Å². The van der Waals surface area contributed by atoms with E-state index in [1.165, 1.54) is 6.07 Å². The molecule has 0 aliphatic rings. The average Bonchev–Trinajstić information content (AvgIpc) is 1.99. The largest absolute Gasteiger partial charge is 0.377 e. The maximum absolute atomic E-state index is 13.1. The Morgan fingerprint density at radius 2 is 1.93 bits per heavy atom. The second-order valence-corrected chi connectivity index (χ2v) is 4.83. The van der Waals surface area contributed by atoms with Gasteiger partial charge in [-0.15, -0.1) is 0 Å². The second kappa shape index (κ2) is 4.19. The van der Waals surface area contributed by atoms with Gasteiger partial charge in [0, 0.05) is 25.3 Å². The molecule has 0 heterocycles. The van der Waals surface area contributed by atoms with Crippen molar-refractivity contribution in [2.45, 2.75) is 25.8 Å². The Bertz CT molecular complexity index is 340. The highest BCUT2D eigenvalue weighted by Crippen LogP contribution is 2.23. The highest BCUT2D eigenvalue weighted by molar-refractivity contribution is 5.53. The summed E-state index contributed by atoms with van der Waals surface area (Å²) in [6.07, 6.45) is 0.665. The maximum atomic E-state index is 13.1. The van der Waals surface area contributed by atoms with Crippen LogP contribution in [0.25, 0.3) is 0 Å². The Hall–Kier alpha value is -1.09. The number of benzene rings is 1. The predicted octanol–water partition coefficient (Wildman–Crippen LogP) is 2.17. The van der Waals surface area contributed by atoms with Gasteiger partial charge in [0.25, 0.3) is 0 Å². The summed E-state index contributed by atoms with van der Waals surface area (Å²) in [5.41, 5.74) is 7.60. The molecule has 2 N–H and O–H groups in total. The van der Waals surface area contributed by atoms with E-state index < -0.39 is 0 Å². The number of hydrogen-bond acceptors (Lipinski definition) is 2. The van der Waals surface area contributed by atoms with E-state index in [2.05, 4.69) is 0 Å². The molecule has 0 spiro atoms. The molecule has 0 bridgehead atoms. The molecule has 0 aromatic heterocycles. The molecule has 0 radical (unpaired) electrons. The van der Waals surface area contributed by atoms with E-state index in [4.69, 9.17) is 5.73 Å². The molecular weight excluding hydrogens is 191 g/mol. The Morgan fingerprint density at radius 3 is 2.40 bits per heavy atom. The summed E-state index contributed by atoms with van der Waals surface area (Å²) in [6.45, 7) is 3.88. The lowest BCUT2D eigenvalue weighted by Gasteiger charge is -2.23. The summed E-state index contributed by atoms with van der Waals surface area (Å²) in [4.78, 5) is 1.97. The lowest BCUT2D eigenvalue weighted by molar-refractivity contribution is 0.514. The van der Waals surface area contributed by atoms with Gasteiger partial charge in [-0.25, -0.2) is 4.39 Å². The van der Waals surface area contributed by atoms with Crippen molar-refractivity contribution in [3.8, 4) is 0 Å². The summed E-state index contributed by atoms with van der Waals surface area (Å²) in [5, 5.41) is 0. The van der Waals surface area contributed by atoms with Crippen LogP contribution in [0.4, 0.5) is 10.1 Å². The third-order valence-corrected chi connectivity index (χ3v) is 2.17. The molecule has 0 amide bonds. The van der Waals surface area contributed by atoms with E-state index in [0.717, 1.165) is 11.3 Å². The molecule has 0 aliphatic heterocycles. The highest BCUT2D eigenvalue weighted by atomic mass is 19.1. The topological polar surface area (TPSA) is 29.3 Å². The van der Waals surface area contributed by atoms with Crippen molar-refractivity contribution in [3.05, 3.63) is 29.6 Å². The van der Waals surface area contributed by atoms with Gasteiger partial charge in [0.1, 0.15) is 5.82 Å². The minimum absolute atomic E-state index is 0.208. The Labute approximate surface area is 90.9 Å². The number of anilines is 1. The van der Waals surface area contributed by atoms with Crippen molar-refractivity contribution in [1.82, 2.24) is 0 Å². The minimum atomic E-state index is -0.321. The molecule has 84 valence electrons. The van der Waals surface area contributed by atoms with E-state index in [9.17, 15) is 4.39 Å². The molecular formula is C12H19FN2.